The van der Waals surface area contributed by atoms with Crippen molar-refractivity contribution in [3.63, 3.8) is 0 Å². The number of hydrogen-bond donors (Lipinski definition) is 1. The first kappa shape index (κ1) is 14.8. The fourth-order valence-corrected chi connectivity index (χ4v) is 3.04. The number of sulfone groups is 1. The zero-order valence-electron chi connectivity index (χ0n) is 9.52. The summed E-state index contributed by atoms with van der Waals surface area (Å²) in [6, 6.07) is 4.58. The van der Waals surface area contributed by atoms with Gasteiger partial charge in [0.2, 0.25) is 0 Å². The number of aliphatic hydroxyl groups excluding tert-OH is 1. The van der Waals surface area contributed by atoms with Gasteiger partial charge in [0.25, 0.3) is 0 Å². The lowest BCUT2D eigenvalue weighted by Crippen LogP contribution is -2.27. The third kappa shape index (κ3) is 3.35. The van der Waals surface area contributed by atoms with Crippen LogP contribution < -0.4 is 0 Å². The number of aliphatic hydroxyl groups is 1. The van der Waals surface area contributed by atoms with Gasteiger partial charge in [0, 0.05) is 21.4 Å². The summed E-state index contributed by atoms with van der Waals surface area (Å²) in [5, 5.41) is 9.83. The molecule has 1 N–H and O–H groups in total. The number of halogens is 2. The summed E-state index contributed by atoms with van der Waals surface area (Å²) in [6.45, 7) is 3.01. The summed E-state index contributed by atoms with van der Waals surface area (Å²) in [5.74, 6) is -0.0174. The van der Waals surface area contributed by atoms with Gasteiger partial charge in [-0.2, -0.15) is 0 Å². The van der Waals surface area contributed by atoms with Crippen LogP contribution in [-0.4, -0.2) is 24.5 Å². The van der Waals surface area contributed by atoms with Gasteiger partial charge in [-0.05, 0) is 19.1 Å². The van der Waals surface area contributed by atoms with Crippen LogP contribution in [0.15, 0.2) is 18.2 Å². The van der Waals surface area contributed by atoms with Crippen LogP contribution >= 0.6 is 23.2 Å². The van der Waals surface area contributed by atoms with Crippen molar-refractivity contribution in [2.24, 2.45) is 0 Å². The summed E-state index contributed by atoms with van der Waals surface area (Å²) in [5.41, 5.74) is 0.376. The first-order valence-electron chi connectivity index (χ1n) is 5.14. The Morgan fingerprint density at radius 1 is 1.35 bits per heavy atom. The highest BCUT2D eigenvalue weighted by Crippen LogP contribution is 2.30. The molecule has 0 saturated heterocycles. The zero-order valence-corrected chi connectivity index (χ0v) is 11.9. The number of rotatable bonds is 4. The lowest BCUT2D eigenvalue weighted by atomic mass is 10.1. The Hall–Kier alpha value is -0.290. The Morgan fingerprint density at radius 2 is 1.94 bits per heavy atom. The Kier molecular flexibility index (Phi) is 4.84. The van der Waals surface area contributed by atoms with E-state index in [1.54, 1.807) is 13.0 Å². The van der Waals surface area contributed by atoms with E-state index in [0.29, 0.717) is 10.6 Å². The lowest BCUT2D eigenvalue weighted by molar-refractivity contribution is 0.176. The molecule has 0 aliphatic heterocycles. The maximum Gasteiger partial charge on any atom is 0.155 e. The molecule has 0 heterocycles. The predicted octanol–water partition coefficient (Wildman–Crippen LogP) is 2.85. The SMILES string of the molecule is CCS(=O)(=O)[C@@H](C)[C@@H](O)c1ccc(Cl)cc1Cl. The maximum absolute atomic E-state index is 11.7. The molecule has 96 valence electrons. The molecule has 1 aromatic rings. The minimum atomic E-state index is -3.31. The monoisotopic (exact) mass is 296 g/mol. The van der Waals surface area contributed by atoms with Crippen LogP contribution in [0.1, 0.15) is 25.5 Å². The Morgan fingerprint density at radius 3 is 2.41 bits per heavy atom. The van der Waals surface area contributed by atoms with Crippen molar-refractivity contribution in [1.29, 1.82) is 0 Å². The molecule has 6 heteroatoms. The highest BCUT2D eigenvalue weighted by molar-refractivity contribution is 7.92. The van der Waals surface area contributed by atoms with Gasteiger partial charge >= 0.3 is 0 Å². The Labute approximate surface area is 111 Å². The first-order valence-corrected chi connectivity index (χ1v) is 7.61. The van der Waals surface area contributed by atoms with E-state index in [2.05, 4.69) is 0 Å². The Balaban J connectivity index is 3.09. The molecule has 0 aliphatic rings. The molecule has 0 bridgehead atoms. The molecule has 3 nitrogen and oxygen atoms in total. The van der Waals surface area contributed by atoms with E-state index < -0.39 is 21.2 Å². The van der Waals surface area contributed by atoms with E-state index in [1.165, 1.54) is 19.1 Å². The highest BCUT2D eigenvalue weighted by Gasteiger charge is 2.28. The molecule has 0 fully saturated rings. The van der Waals surface area contributed by atoms with Crippen molar-refractivity contribution in [1.82, 2.24) is 0 Å². The molecule has 0 amide bonds. The topological polar surface area (TPSA) is 54.4 Å². The standard InChI is InChI=1S/C11H14Cl2O3S/c1-3-17(15,16)7(2)11(14)9-5-4-8(12)6-10(9)13/h4-7,11,14H,3H2,1-2H3/t7-,11+/m0/s1. The predicted molar refractivity (Wildman–Crippen MR) is 70.3 cm³/mol. The summed E-state index contributed by atoms with van der Waals surface area (Å²) in [4.78, 5) is 0. The number of hydrogen-bond acceptors (Lipinski definition) is 3. The second kappa shape index (κ2) is 5.57. The van der Waals surface area contributed by atoms with E-state index >= 15 is 0 Å². The second-order valence-corrected chi connectivity index (χ2v) is 7.26. The third-order valence-corrected chi connectivity index (χ3v) is 5.45. The van der Waals surface area contributed by atoms with Crippen LogP contribution in [0.25, 0.3) is 0 Å². The quantitative estimate of drug-likeness (QED) is 0.929. The van der Waals surface area contributed by atoms with Crippen molar-refractivity contribution in [2.45, 2.75) is 25.2 Å². The molecule has 0 aliphatic carbocycles. The molecular weight excluding hydrogens is 283 g/mol. The van der Waals surface area contributed by atoms with Crippen LogP contribution in [0.4, 0.5) is 0 Å². The average Bonchev–Trinajstić information content (AvgIpc) is 2.27. The van der Waals surface area contributed by atoms with Crippen LogP contribution in [0.5, 0.6) is 0 Å². The molecule has 0 saturated carbocycles. The molecular formula is C11H14Cl2O3S. The fraction of sp³-hybridized carbons (Fsp3) is 0.455. The molecule has 0 unspecified atom stereocenters. The number of benzene rings is 1. The van der Waals surface area contributed by atoms with Crippen molar-refractivity contribution >= 4 is 33.0 Å². The highest BCUT2D eigenvalue weighted by atomic mass is 35.5. The van der Waals surface area contributed by atoms with Crippen molar-refractivity contribution < 1.29 is 13.5 Å². The smallest absolute Gasteiger partial charge is 0.155 e. The summed E-state index contributed by atoms with van der Waals surface area (Å²) >= 11 is 11.7. The minimum absolute atomic E-state index is 0.0174. The van der Waals surface area contributed by atoms with Crippen LogP contribution in [0, 0.1) is 0 Å². The third-order valence-electron chi connectivity index (χ3n) is 2.69. The van der Waals surface area contributed by atoms with E-state index in [0.717, 1.165) is 0 Å². The minimum Gasteiger partial charge on any atom is -0.387 e. The molecule has 0 radical (unpaired) electrons. The van der Waals surface area contributed by atoms with Gasteiger partial charge in [-0.1, -0.05) is 36.2 Å². The molecule has 0 aromatic heterocycles. The van der Waals surface area contributed by atoms with Gasteiger partial charge in [0.15, 0.2) is 9.84 Å². The van der Waals surface area contributed by atoms with Gasteiger partial charge in [0.1, 0.15) is 0 Å². The van der Waals surface area contributed by atoms with Crippen molar-refractivity contribution in [2.75, 3.05) is 5.75 Å². The van der Waals surface area contributed by atoms with Gasteiger partial charge in [0.05, 0.1) is 11.4 Å². The van der Waals surface area contributed by atoms with Crippen molar-refractivity contribution in [3.05, 3.63) is 33.8 Å². The largest absolute Gasteiger partial charge is 0.387 e. The van der Waals surface area contributed by atoms with Gasteiger partial charge in [-0.3, -0.25) is 0 Å². The van der Waals surface area contributed by atoms with Crippen LogP contribution in [-0.2, 0) is 9.84 Å². The van der Waals surface area contributed by atoms with Gasteiger partial charge < -0.3 is 5.11 Å². The normalized spacial score (nSPS) is 15.6. The summed E-state index contributed by atoms with van der Waals surface area (Å²) < 4.78 is 23.3. The van der Waals surface area contributed by atoms with Gasteiger partial charge in [-0.15, -0.1) is 0 Å². The lowest BCUT2D eigenvalue weighted by Gasteiger charge is -2.19. The second-order valence-electron chi connectivity index (χ2n) is 3.77. The first-order chi connectivity index (χ1) is 7.79. The molecule has 1 aromatic carbocycles. The Bertz CT molecular complexity index is 499. The van der Waals surface area contributed by atoms with E-state index in [1.807, 2.05) is 0 Å². The van der Waals surface area contributed by atoms with E-state index in [-0.39, 0.29) is 10.8 Å². The molecule has 1 rings (SSSR count). The maximum atomic E-state index is 11.7. The molecule has 17 heavy (non-hydrogen) atoms. The summed E-state index contributed by atoms with van der Waals surface area (Å²) in [6.07, 6.45) is -1.15. The fourth-order valence-electron chi connectivity index (χ4n) is 1.45. The van der Waals surface area contributed by atoms with Crippen molar-refractivity contribution in [3.8, 4) is 0 Å². The van der Waals surface area contributed by atoms with E-state index in [4.69, 9.17) is 23.2 Å². The van der Waals surface area contributed by atoms with E-state index in [9.17, 15) is 13.5 Å². The molecule has 0 spiro atoms. The average molecular weight is 297 g/mol. The van der Waals surface area contributed by atoms with Gasteiger partial charge in [-0.25, -0.2) is 8.42 Å². The van der Waals surface area contributed by atoms with Crippen LogP contribution in [0.3, 0.4) is 0 Å². The summed E-state index contributed by atoms with van der Waals surface area (Å²) in [7, 11) is -3.31. The van der Waals surface area contributed by atoms with Crippen LogP contribution in [0.2, 0.25) is 10.0 Å². The zero-order chi connectivity index (χ0) is 13.2. The molecule has 2 atom stereocenters.